The van der Waals surface area contributed by atoms with Crippen molar-refractivity contribution in [1.82, 2.24) is 49.0 Å². The van der Waals surface area contributed by atoms with Gasteiger partial charge >= 0.3 is 0 Å². The zero-order chi connectivity index (χ0) is 78.5. The van der Waals surface area contributed by atoms with E-state index in [1.807, 2.05) is 0 Å². The van der Waals surface area contributed by atoms with Gasteiger partial charge < -0.3 is 198 Å². The van der Waals surface area contributed by atoms with Crippen LogP contribution < -0.4 is 102 Å². The third-order valence-corrected chi connectivity index (χ3v) is 10.7. The van der Waals surface area contributed by atoms with Crippen LogP contribution in [0.15, 0.2) is 0 Å². The maximum atomic E-state index is 10.4. The standard InChI is InChI=1S/5C10H16N2O8.4V/c5*13-7(14)3-11(4-8(15)16)1-2-12(5-9(17)18)6-10(19)20;;;;/h5*1-6H2,(H,13,14)(H,15,16)(H,17,18)(H,19,20);;;;/p-20. The largest absolute Gasteiger partial charge is 0.549 e. The van der Waals surface area contributed by atoms with Crippen LogP contribution in [0.3, 0.4) is 0 Å². The molecule has 104 heavy (non-hydrogen) atoms. The Morgan fingerprint density at radius 3 is 0.183 bits per heavy atom. The molecule has 590 valence electrons. The van der Waals surface area contributed by atoms with Crippen molar-refractivity contribution in [2.75, 3.05) is 196 Å². The fraction of sp³-hybridized carbons (Fsp3) is 0.600. The molecule has 0 aliphatic carbocycles. The van der Waals surface area contributed by atoms with Crippen molar-refractivity contribution in [1.29, 1.82) is 0 Å². The summed E-state index contributed by atoms with van der Waals surface area (Å²) < 4.78 is 0. The summed E-state index contributed by atoms with van der Waals surface area (Å²) in [4.78, 5) is 217. The van der Waals surface area contributed by atoms with Crippen LogP contribution >= 0.6 is 0 Å². The van der Waals surface area contributed by atoms with Crippen LogP contribution in [0, 0.1) is 0 Å². The first-order chi connectivity index (χ1) is 46.0. The molecule has 0 saturated carbocycles. The molecule has 0 aliphatic heterocycles. The first-order valence-corrected chi connectivity index (χ1v) is 27.2. The Morgan fingerprint density at radius 2 is 0.154 bits per heavy atom. The van der Waals surface area contributed by atoms with Crippen molar-refractivity contribution < 1.29 is 272 Å². The molecule has 0 aromatic heterocycles. The average molecular weight is 1640 g/mol. The minimum absolute atomic E-state index is 0. The molecule has 0 heterocycles. The number of carboxylic acid groups (broad SMARTS) is 20. The summed E-state index contributed by atoms with van der Waals surface area (Å²) in [6, 6.07) is 0. The van der Waals surface area contributed by atoms with E-state index < -0.39 is 250 Å². The molecular formula is C50H60N10O40V4-20. The molecule has 0 bridgehead atoms. The second kappa shape index (κ2) is 66.3. The number of carbonyl (C=O) groups excluding carboxylic acids is 20. The smallest absolute Gasteiger partial charge is 0.0555 e. The quantitative estimate of drug-likeness (QED) is 0.0546. The molecule has 54 heteroatoms. The Labute approximate surface area is 633 Å². The molecule has 0 aliphatic rings. The summed E-state index contributed by atoms with van der Waals surface area (Å²) in [7, 11) is 0. The van der Waals surface area contributed by atoms with Crippen molar-refractivity contribution >= 4 is 119 Å². The molecule has 0 saturated heterocycles. The van der Waals surface area contributed by atoms with Crippen LogP contribution in [0.5, 0.6) is 0 Å². The van der Waals surface area contributed by atoms with E-state index in [9.17, 15) is 198 Å². The van der Waals surface area contributed by atoms with Gasteiger partial charge in [-0.3, -0.25) is 49.0 Å². The van der Waals surface area contributed by atoms with Crippen LogP contribution in [0.4, 0.5) is 0 Å². The van der Waals surface area contributed by atoms with E-state index in [0.29, 0.717) is 0 Å². The predicted octanol–water partition coefficient (Wildman–Crippen LogP) is -37.1. The van der Waals surface area contributed by atoms with E-state index in [-0.39, 0.29) is 140 Å². The van der Waals surface area contributed by atoms with Gasteiger partial charge in [0, 0.05) is 271 Å². The van der Waals surface area contributed by atoms with E-state index >= 15 is 0 Å². The molecule has 0 unspecified atom stereocenters. The van der Waals surface area contributed by atoms with Gasteiger partial charge in [-0.25, -0.2) is 0 Å². The van der Waals surface area contributed by atoms with Gasteiger partial charge in [-0.1, -0.05) is 0 Å². The molecule has 0 fully saturated rings. The van der Waals surface area contributed by atoms with Crippen molar-refractivity contribution in [3.8, 4) is 0 Å². The minimum Gasteiger partial charge on any atom is -0.549 e. The fourth-order valence-corrected chi connectivity index (χ4v) is 7.21. The maximum absolute atomic E-state index is 10.4. The topological polar surface area (TPSA) is 835 Å². The third-order valence-electron chi connectivity index (χ3n) is 10.7. The van der Waals surface area contributed by atoms with Gasteiger partial charge in [-0.05, 0) is 0 Å². The first kappa shape index (κ1) is 114. The Balaban J connectivity index is -0.000000153. The number of carbonyl (C=O) groups is 20. The summed E-state index contributed by atoms with van der Waals surface area (Å²) >= 11 is 0. The Morgan fingerprint density at radius 1 is 0.115 bits per heavy atom. The van der Waals surface area contributed by atoms with Gasteiger partial charge in [0.05, 0.1) is 119 Å². The molecule has 0 aromatic rings. The summed E-state index contributed by atoms with van der Waals surface area (Å²) in [6.07, 6.45) is 0. The molecule has 0 spiro atoms. The molecule has 50 nitrogen and oxygen atoms in total. The van der Waals surface area contributed by atoms with Crippen LogP contribution in [0.2, 0.25) is 0 Å². The molecule has 0 N–H and O–H groups in total. The van der Waals surface area contributed by atoms with E-state index in [1.54, 1.807) is 0 Å². The van der Waals surface area contributed by atoms with Crippen LogP contribution in [-0.2, 0) is 170 Å². The molecule has 4 radical (unpaired) electrons. The SMILES string of the molecule is O=C([O-])CN(CCN(CC(=O)[O-])CC(=O)[O-])CC(=O)[O-].O=C([O-])CN(CCN(CC(=O)[O-])CC(=O)[O-])CC(=O)[O-].O=C([O-])CN(CCN(CC(=O)[O-])CC(=O)[O-])CC(=O)[O-].O=C([O-])CN(CCN(CC(=O)[O-])CC(=O)[O-])CC(=O)[O-].O=C([O-])CN(CCN(CC(=O)[O-])CC(=O)[O-])CC(=O)[O-].[V].[V].[V].[V]. The Kier molecular flexibility index (Phi) is 72.6. The van der Waals surface area contributed by atoms with Gasteiger partial charge in [0.25, 0.3) is 0 Å². The van der Waals surface area contributed by atoms with Crippen molar-refractivity contribution in [3.63, 3.8) is 0 Å². The summed E-state index contributed by atoms with van der Waals surface area (Å²) in [5.41, 5.74) is 0. The number of rotatable bonds is 55. The van der Waals surface area contributed by atoms with Gasteiger partial charge in [-0.2, -0.15) is 0 Å². The van der Waals surface area contributed by atoms with Crippen LogP contribution in [0.1, 0.15) is 0 Å². The second-order valence-corrected chi connectivity index (χ2v) is 19.5. The number of hydrogen-bond donors (Lipinski definition) is 0. The van der Waals surface area contributed by atoms with E-state index in [1.165, 1.54) is 0 Å². The fourth-order valence-electron chi connectivity index (χ4n) is 7.21. The number of hydrogen-bond acceptors (Lipinski definition) is 50. The van der Waals surface area contributed by atoms with Crippen LogP contribution in [-0.4, -0.2) is 365 Å². The molecule has 0 rings (SSSR count). The van der Waals surface area contributed by atoms with Gasteiger partial charge in [0.1, 0.15) is 0 Å². The Bertz CT molecular complexity index is 2020. The molecular weight excluding hydrogens is 1580 g/mol. The van der Waals surface area contributed by atoms with Crippen molar-refractivity contribution in [2.24, 2.45) is 0 Å². The molecule has 0 amide bonds. The summed E-state index contributed by atoms with van der Waals surface area (Å²) in [6.45, 7) is -16.3. The van der Waals surface area contributed by atoms with Gasteiger partial charge in [-0.15, -0.1) is 0 Å². The summed E-state index contributed by atoms with van der Waals surface area (Å²) in [5.74, 6) is -30.6. The van der Waals surface area contributed by atoms with E-state index in [2.05, 4.69) is 0 Å². The average Bonchev–Trinajstić information content (AvgIpc) is 1.06. The molecule has 0 aromatic carbocycles. The zero-order valence-electron chi connectivity index (χ0n) is 53.8. The normalized spacial score (nSPS) is 10.3. The second-order valence-electron chi connectivity index (χ2n) is 19.5. The van der Waals surface area contributed by atoms with Crippen molar-refractivity contribution in [2.45, 2.75) is 0 Å². The zero-order valence-corrected chi connectivity index (χ0v) is 59.4. The van der Waals surface area contributed by atoms with Gasteiger partial charge in [0.15, 0.2) is 0 Å². The monoisotopic (exact) mass is 1640 g/mol. The third kappa shape index (κ3) is 85.7. The first-order valence-electron chi connectivity index (χ1n) is 27.2. The summed E-state index contributed by atoms with van der Waals surface area (Å²) in [5, 5.41) is 208. The Hall–Kier alpha value is -8.66. The van der Waals surface area contributed by atoms with Crippen molar-refractivity contribution in [3.05, 3.63) is 0 Å². The predicted molar refractivity (Wildman–Crippen MR) is 265 cm³/mol. The minimum atomic E-state index is -1.53. The van der Waals surface area contributed by atoms with Crippen LogP contribution in [0.25, 0.3) is 0 Å². The van der Waals surface area contributed by atoms with Gasteiger partial charge in [0.2, 0.25) is 0 Å². The maximum Gasteiger partial charge on any atom is 0.0555 e. The number of aliphatic carboxylic acids is 20. The molecule has 0 atom stereocenters. The number of carboxylic acids is 20. The van der Waals surface area contributed by atoms with E-state index in [0.717, 1.165) is 49.0 Å². The van der Waals surface area contributed by atoms with E-state index in [4.69, 9.17) is 0 Å². The number of nitrogens with zero attached hydrogens (tertiary/aromatic N) is 10.